The zero-order chi connectivity index (χ0) is 12.0. The lowest BCUT2D eigenvalue weighted by Gasteiger charge is -2.06. The molecule has 0 bridgehead atoms. The first-order valence-electron chi connectivity index (χ1n) is 4.85. The van der Waals surface area contributed by atoms with Crippen LogP contribution >= 0.6 is 0 Å². The summed E-state index contributed by atoms with van der Waals surface area (Å²) in [7, 11) is 0. The molecule has 0 fully saturated rings. The predicted molar refractivity (Wildman–Crippen MR) is 59.7 cm³/mol. The lowest BCUT2D eigenvalue weighted by Crippen LogP contribution is -2.12. The normalized spacial score (nSPS) is 10.7. The number of allylic oxidation sites excluding steroid dienone is 1. The molecular formula is C12H12N2O2. The van der Waals surface area contributed by atoms with Crippen LogP contribution in [0, 0.1) is 11.3 Å². The third-order valence-electron chi connectivity index (χ3n) is 2.07. The van der Waals surface area contributed by atoms with E-state index in [0.29, 0.717) is 23.1 Å². The minimum atomic E-state index is -0.635. The van der Waals surface area contributed by atoms with Crippen LogP contribution in [0.4, 0.5) is 0 Å². The SMILES string of the molecule is CCC=C(C(=O)ON)c1ccccc1C#N. The highest BCUT2D eigenvalue weighted by Crippen LogP contribution is 2.20. The minimum absolute atomic E-state index is 0.321. The molecule has 4 nitrogen and oxygen atoms in total. The second kappa shape index (κ2) is 5.69. The minimum Gasteiger partial charge on any atom is -0.370 e. The molecule has 16 heavy (non-hydrogen) atoms. The van der Waals surface area contributed by atoms with Crippen molar-refractivity contribution in [2.75, 3.05) is 0 Å². The van der Waals surface area contributed by atoms with E-state index in [9.17, 15) is 4.79 Å². The van der Waals surface area contributed by atoms with Gasteiger partial charge in [0.2, 0.25) is 0 Å². The Labute approximate surface area is 93.9 Å². The van der Waals surface area contributed by atoms with Gasteiger partial charge in [0.25, 0.3) is 0 Å². The lowest BCUT2D eigenvalue weighted by molar-refractivity contribution is -0.137. The highest BCUT2D eigenvalue weighted by molar-refractivity contribution is 6.17. The smallest absolute Gasteiger partial charge is 0.356 e. The van der Waals surface area contributed by atoms with Crippen molar-refractivity contribution < 1.29 is 9.63 Å². The van der Waals surface area contributed by atoms with Crippen LogP contribution in [0.2, 0.25) is 0 Å². The van der Waals surface area contributed by atoms with Gasteiger partial charge in [-0.3, -0.25) is 0 Å². The van der Waals surface area contributed by atoms with Crippen LogP contribution in [0.3, 0.4) is 0 Å². The molecule has 0 aliphatic rings. The van der Waals surface area contributed by atoms with Crippen molar-refractivity contribution in [3.05, 3.63) is 41.5 Å². The molecule has 0 saturated heterocycles. The first-order chi connectivity index (χ1) is 7.74. The highest BCUT2D eigenvalue weighted by Gasteiger charge is 2.15. The summed E-state index contributed by atoms with van der Waals surface area (Å²) in [5.41, 5.74) is 1.29. The number of benzene rings is 1. The summed E-state index contributed by atoms with van der Waals surface area (Å²) in [5, 5.41) is 8.93. The van der Waals surface area contributed by atoms with E-state index >= 15 is 0 Å². The van der Waals surface area contributed by atoms with Crippen LogP contribution in [0.1, 0.15) is 24.5 Å². The molecule has 0 atom stereocenters. The van der Waals surface area contributed by atoms with Gasteiger partial charge < -0.3 is 4.84 Å². The van der Waals surface area contributed by atoms with Gasteiger partial charge in [0.05, 0.1) is 17.2 Å². The Bertz CT molecular complexity index is 458. The maximum Gasteiger partial charge on any atom is 0.356 e. The molecule has 0 radical (unpaired) electrons. The summed E-state index contributed by atoms with van der Waals surface area (Å²) in [6.45, 7) is 1.89. The fourth-order valence-corrected chi connectivity index (χ4v) is 1.39. The zero-order valence-electron chi connectivity index (χ0n) is 8.93. The van der Waals surface area contributed by atoms with E-state index < -0.39 is 5.97 Å². The maximum atomic E-state index is 11.4. The van der Waals surface area contributed by atoms with Gasteiger partial charge in [-0.2, -0.15) is 11.2 Å². The van der Waals surface area contributed by atoms with E-state index in [1.54, 1.807) is 30.3 Å². The van der Waals surface area contributed by atoms with Crippen molar-refractivity contribution in [2.45, 2.75) is 13.3 Å². The zero-order valence-corrected chi connectivity index (χ0v) is 8.93. The average Bonchev–Trinajstić information content (AvgIpc) is 2.35. The summed E-state index contributed by atoms with van der Waals surface area (Å²) in [5.74, 6) is 4.22. The first-order valence-corrected chi connectivity index (χ1v) is 4.85. The number of nitrogens with zero attached hydrogens (tertiary/aromatic N) is 1. The highest BCUT2D eigenvalue weighted by atomic mass is 16.7. The van der Waals surface area contributed by atoms with Crippen molar-refractivity contribution >= 4 is 11.5 Å². The molecule has 4 heteroatoms. The van der Waals surface area contributed by atoms with Crippen molar-refractivity contribution in [2.24, 2.45) is 5.90 Å². The fraction of sp³-hybridized carbons (Fsp3) is 0.167. The molecule has 0 aliphatic heterocycles. The molecule has 1 aromatic carbocycles. The monoisotopic (exact) mass is 216 g/mol. The summed E-state index contributed by atoms with van der Waals surface area (Å²) in [6, 6.07) is 8.85. The van der Waals surface area contributed by atoms with Gasteiger partial charge in [-0.15, -0.1) is 0 Å². The Morgan fingerprint density at radius 2 is 2.25 bits per heavy atom. The van der Waals surface area contributed by atoms with Gasteiger partial charge in [0.15, 0.2) is 0 Å². The van der Waals surface area contributed by atoms with Gasteiger partial charge in [0, 0.05) is 5.56 Å². The number of carbonyl (C=O) groups is 1. The number of nitriles is 1. The third kappa shape index (κ3) is 2.47. The predicted octanol–water partition coefficient (Wildman–Crippen LogP) is 1.77. The van der Waals surface area contributed by atoms with Crippen molar-refractivity contribution in [1.29, 1.82) is 5.26 Å². The molecule has 1 aromatic rings. The molecule has 0 aliphatic carbocycles. The number of rotatable bonds is 3. The summed E-state index contributed by atoms with van der Waals surface area (Å²) < 4.78 is 0. The van der Waals surface area contributed by atoms with Crippen LogP contribution in [0.25, 0.3) is 5.57 Å². The molecule has 0 heterocycles. The topological polar surface area (TPSA) is 76.1 Å². The number of nitrogens with two attached hydrogens (primary N) is 1. The number of hydrogen-bond donors (Lipinski definition) is 1. The molecule has 82 valence electrons. The number of hydrogen-bond acceptors (Lipinski definition) is 4. The Balaban J connectivity index is 3.28. The first kappa shape index (κ1) is 12.0. The average molecular weight is 216 g/mol. The molecule has 0 spiro atoms. The van der Waals surface area contributed by atoms with Gasteiger partial charge in [-0.05, 0) is 12.5 Å². The second-order valence-electron chi connectivity index (χ2n) is 3.09. The molecule has 0 amide bonds. The van der Waals surface area contributed by atoms with Crippen molar-refractivity contribution in [3.63, 3.8) is 0 Å². The van der Waals surface area contributed by atoms with E-state index in [1.165, 1.54) is 0 Å². The maximum absolute atomic E-state index is 11.4. The fourth-order valence-electron chi connectivity index (χ4n) is 1.39. The van der Waals surface area contributed by atoms with Crippen LogP contribution in [-0.4, -0.2) is 5.97 Å². The summed E-state index contributed by atoms with van der Waals surface area (Å²) in [4.78, 5) is 15.6. The Hall–Kier alpha value is -2.12. The van der Waals surface area contributed by atoms with Crippen LogP contribution in [0.15, 0.2) is 30.3 Å². The molecule has 1 rings (SSSR count). The Morgan fingerprint density at radius 3 is 2.81 bits per heavy atom. The molecule has 0 unspecified atom stereocenters. The summed E-state index contributed by atoms with van der Waals surface area (Å²) >= 11 is 0. The quantitative estimate of drug-likeness (QED) is 0.617. The van der Waals surface area contributed by atoms with Crippen LogP contribution in [-0.2, 0) is 9.63 Å². The Kier molecular flexibility index (Phi) is 4.25. The molecular weight excluding hydrogens is 204 g/mol. The van der Waals surface area contributed by atoms with Crippen molar-refractivity contribution in [3.8, 4) is 6.07 Å². The second-order valence-corrected chi connectivity index (χ2v) is 3.09. The lowest BCUT2D eigenvalue weighted by atomic mass is 10.00. The van der Waals surface area contributed by atoms with E-state index in [-0.39, 0.29) is 0 Å². The van der Waals surface area contributed by atoms with Gasteiger partial charge in [-0.25, -0.2) is 4.79 Å². The largest absolute Gasteiger partial charge is 0.370 e. The molecule has 0 saturated carbocycles. The van der Waals surface area contributed by atoms with Gasteiger partial charge in [-0.1, -0.05) is 31.2 Å². The Morgan fingerprint density at radius 1 is 1.56 bits per heavy atom. The molecule has 2 N–H and O–H groups in total. The summed E-state index contributed by atoms with van der Waals surface area (Å²) in [6.07, 6.45) is 2.34. The van der Waals surface area contributed by atoms with E-state index in [0.717, 1.165) is 0 Å². The van der Waals surface area contributed by atoms with Gasteiger partial charge >= 0.3 is 5.97 Å². The van der Waals surface area contributed by atoms with Crippen molar-refractivity contribution in [1.82, 2.24) is 0 Å². The van der Waals surface area contributed by atoms with Crippen LogP contribution < -0.4 is 5.90 Å². The van der Waals surface area contributed by atoms with E-state index in [4.69, 9.17) is 11.2 Å². The number of carbonyl (C=O) groups excluding carboxylic acids is 1. The third-order valence-corrected chi connectivity index (χ3v) is 2.07. The molecule has 0 aromatic heterocycles. The van der Waals surface area contributed by atoms with E-state index in [1.807, 2.05) is 13.0 Å². The standard InChI is InChI=1S/C12H12N2O2/c1-2-5-11(12(15)16-14)10-7-4-3-6-9(10)8-13/h3-7H,2,14H2,1H3. The van der Waals surface area contributed by atoms with Gasteiger partial charge in [0.1, 0.15) is 0 Å². The van der Waals surface area contributed by atoms with E-state index in [2.05, 4.69) is 4.84 Å². The van der Waals surface area contributed by atoms with Crippen LogP contribution in [0.5, 0.6) is 0 Å².